The van der Waals surface area contributed by atoms with Crippen molar-refractivity contribution in [2.45, 2.75) is 64.3 Å². The third-order valence-electron chi connectivity index (χ3n) is 6.10. The van der Waals surface area contributed by atoms with Crippen molar-refractivity contribution in [3.8, 4) is 0 Å². The first-order valence-corrected chi connectivity index (χ1v) is 9.68. The Hall–Kier alpha value is -1.54. The van der Waals surface area contributed by atoms with Gasteiger partial charge >= 0.3 is 13.3 Å². The summed E-state index contributed by atoms with van der Waals surface area (Å²) in [7, 11) is -0.482. The van der Waals surface area contributed by atoms with E-state index in [2.05, 4.69) is 0 Å². The van der Waals surface area contributed by atoms with E-state index in [-0.39, 0.29) is 25.3 Å². The number of hydrogen-bond acceptors (Lipinski definition) is 3. The maximum atomic E-state index is 12.9. The lowest BCUT2D eigenvalue weighted by molar-refractivity contribution is -0.187. The van der Waals surface area contributed by atoms with Crippen molar-refractivity contribution in [2.24, 2.45) is 5.92 Å². The first-order valence-electron chi connectivity index (χ1n) is 9.68. The Labute approximate surface area is 164 Å². The van der Waals surface area contributed by atoms with Gasteiger partial charge in [-0.3, -0.25) is 4.79 Å². The van der Waals surface area contributed by atoms with Gasteiger partial charge in [0.1, 0.15) is 0 Å². The Kier molecular flexibility index (Phi) is 5.58. The van der Waals surface area contributed by atoms with E-state index in [1.807, 2.05) is 52.0 Å². The summed E-state index contributed by atoms with van der Waals surface area (Å²) in [5, 5.41) is 0. The molecule has 2 aliphatic rings. The van der Waals surface area contributed by atoms with Crippen molar-refractivity contribution in [2.75, 3.05) is 13.1 Å². The van der Waals surface area contributed by atoms with Crippen LogP contribution in [0.15, 0.2) is 24.3 Å². The topological polar surface area (TPSA) is 38.8 Å². The van der Waals surface area contributed by atoms with Crippen LogP contribution in [0.4, 0.5) is 13.2 Å². The first-order chi connectivity index (χ1) is 12.9. The van der Waals surface area contributed by atoms with Crippen LogP contribution in [0.25, 0.3) is 0 Å². The second-order valence-corrected chi connectivity index (χ2v) is 8.73. The lowest BCUT2D eigenvalue weighted by Gasteiger charge is -2.33. The Bertz CT molecular complexity index is 702. The molecule has 28 heavy (non-hydrogen) atoms. The Balaban J connectivity index is 1.61. The number of carbonyl (C=O) groups is 1. The molecule has 3 rings (SSSR count). The Morgan fingerprint density at radius 3 is 2.25 bits per heavy atom. The van der Waals surface area contributed by atoms with Crippen LogP contribution in [0.3, 0.4) is 0 Å². The van der Waals surface area contributed by atoms with Gasteiger partial charge in [-0.15, -0.1) is 0 Å². The number of carbonyl (C=O) groups excluding carboxylic acids is 1. The summed E-state index contributed by atoms with van der Waals surface area (Å²) in [6, 6.07) is 7.31. The van der Waals surface area contributed by atoms with Crippen molar-refractivity contribution in [1.29, 1.82) is 0 Å². The number of hydrogen-bond donors (Lipinski definition) is 0. The van der Waals surface area contributed by atoms with E-state index >= 15 is 0 Å². The highest BCUT2D eigenvalue weighted by Gasteiger charge is 2.51. The van der Waals surface area contributed by atoms with Crippen molar-refractivity contribution < 1.29 is 27.3 Å². The zero-order valence-corrected chi connectivity index (χ0v) is 16.8. The number of likely N-dealkylation sites (tertiary alicyclic amines) is 1. The maximum absolute atomic E-state index is 12.9. The lowest BCUT2D eigenvalue weighted by atomic mass is 9.79. The van der Waals surface area contributed by atoms with Gasteiger partial charge in [-0.1, -0.05) is 24.3 Å². The van der Waals surface area contributed by atoms with Crippen LogP contribution in [0, 0.1) is 5.92 Å². The summed E-state index contributed by atoms with van der Waals surface area (Å²) in [5.41, 5.74) is 0.745. The molecular weight excluding hydrogens is 370 g/mol. The van der Waals surface area contributed by atoms with Crippen molar-refractivity contribution >= 4 is 18.5 Å². The maximum Gasteiger partial charge on any atom is 0.494 e. The highest BCUT2D eigenvalue weighted by molar-refractivity contribution is 6.62. The molecule has 0 saturated carbocycles. The van der Waals surface area contributed by atoms with Gasteiger partial charge in [0.05, 0.1) is 23.5 Å². The molecule has 1 aromatic rings. The second kappa shape index (κ2) is 7.37. The van der Waals surface area contributed by atoms with E-state index in [9.17, 15) is 18.0 Å². The average molecular weight is 397 g/mol. The summed E-state index contributed by atoms with van der Waals surface area (Å²) < 4.78 is 50.8. The van der Waals surface area contributed by atoms with Gasteiger partial charge in [0.15, 0.2) is 0 Å². The smallest absolute Gasteiger partial charge is 0.399 e. The summed E-state index contributed by atoms with van der Waals surface area (Å²) in [6.07, 6.45) is -3.68. The molecule has 0 aromatic heterocycles. The highest BCUT2D eigenvalue weighted by atomic mass is 19.4. The second-order valence-electron chi connectivity index (χ2n) is 8.73. The van der Waals surface area contributed by atoms with Crippen LogP contribution in [-0.4, -0.2) is 48.4 Å². The van der Waals surface area contributed by atoms with Gasteiger partial charge in [-0.25, -0.2) is 0 Å². The SMILES string of the molecule is CC1(C)OB(c2ccc(CC(=O)N3CCCC(C(F)(F)F)C3)cc2)OC1(C)C. The summed E-state index contributed by atoms with van der Waals surface area (Å²) in [5.74, 6) is -1.69. The molecule has 0 radical (unpaired) electrons. The zero-order chi connectivity index (χ0) is 20.7. The molecule has 2 fully saturated rings. The Morgan fingerprint density at radius 2 is 1.71 bits per heavy atom. The van der Waals surface area contributed by atoms with Gasteiger partial charge in [0.25, 0.3) is 0 Å². The summed E-state index contributed by atoms with van der Waals surface area (Å²) >= 11 is 0. The predicted octanol–water partition coefficient (Wildman–Crippen LogP) is 3.33. The molecule has 0 spiro atoms. The number of amides is 1. The number of piperidine rings is 1. The molecule has 2 saturated heterocycles. The molecule has 1 unspecified atom stereocenters. The van der Waals surface area contributed by atoms with Gasteiger partial charge in [0, 0.05) is 13.1 Å². The minimum atomic E-state index is -4.25. The minimum Gasteiger partial charge on any atom is -0.399 e. The molecule has 0 bridgehead atoms. The largest absolute Gasteiger partial charge is 0.494 e. The number of benzene rings is 1. The predicted molar refractivity (Wildman–Crippen MR) is 101 cm³/mol. The van der Waals surface area contributed by atoms with Gasteiger partial charge < -0.3 is 14.2 Å². The molecule has 1 atom stereocenters. The monoisotopic (exact) mass is 397 g/mol. The molecule has 4 nitrogen and oxygen atoms in total. The van der Waals surface area contributed by atoms with E-state index in [0.717, 1.165) is 11.0 Å². The summed E-state index contributed by atoms with van der Waals surface area (Å²) in [6.45, 7) is 8.06. The Morgan fingerprint density at radius 1 is 1.14 bits per heavy atom. The quantitative estimate of drug-likeness (QED) is 0.735. The fraction of sp³-hybridized carbons (Fsp3) is 0.650. The molecule has 0 aliphatic carbocycles. The molecule has 2 heterocycles. The fourth-order valence-electron chi connectivity index (χ4n) is 3.53. The molecule has 154 valence electrons. The molecule has 8 heteroatoms. The first kappa shape index (κ1) is 21.2. The van der Waals surface area contributed by atoms with Gasteiger partial charge in [-0.2, -0.15) is 13.2 Å². The van der Waals surface area contributed by atoms with E-state index in [1.54, 1.807) is 0 Å². The molecular formula is C20H27BF3NO3. The third-order valence-corrected chi connectivity index (χ3v) is 6.10. The van der Waals surface area contributed by atoms with Crippen LogP contribution in [0.2, 0.25) is 0 Å². The van der Waals surface area contributed by atoms with Crippen LogP contribution >= 0.6 is 0 Å². The average Bonchev–Trinajstić information content (AvgIpc) is 2.82. The number of halogens is 3. The van der Waals surface area contributed by atoms with Gasteiger partial charge in [-0.05, 0) is 51.6 Å². The molecule has 2 aliphatic heterocycles. The van der Waals surface area contributed by atoms with E-state index < -0.39 is 30.4 Å². The number of nitrogens with zero attached hydrogens (tertiary/aromatic N) is 1. The fourth-order valence-corrected chi connectivity index (χ4v) is 3.53. The standard InChI is InChI=1S/C20H27BF3NO3/c1-18(2)19(3,4)28-21(27-18)16-9-7-14(8-10-16)12-17(26)25-11-5-6-15(13-25)20(22,23)24/h7-10,15H,5-6,11-13H2,1-4H3. The van der Waals surface area contributed by atoms with Crippen LogP contribution in [0.1, 0.15) is 46.1 Å². The van der Waals surface area contributed by atoms with Crippen molar-refractivity contribution in [3.63, 3.8) is 0 Å². The molecule has 1 amide bonds. The van der Waals surface area contributed by atoms with E-state index in [0.29, 0.717) is 13.0 Å². The number of alkyl halides is 3. The molecule has 1 aromatic carbocycles. The van der Waals surface area contributed by atoms with E-state index in [4.69, 9.17) is 9.31 Å². The third kappa shape index (κ3) is 4.38. The normalized spacial score (nSPS) is 24.5. The highest BCUT2D eigenvalue weighted by Crippen LogP contribution is 2.36. The minimum absolute atomic E-state index is 0.0915. The van der Waals surface area contributed by atoms with Crippen molar-refractivity contribution in [1.82, 2.24) is 4.90 Å². The van der Waals surface area contributed by atoms with Crippen molar-refractivity contribution in [3.05, 3.63) is 29.8 Å². The van der Waals surface area contributed by atoms with E-state index in [1.165, 1.54) is 4.90 Å². The van der Waals surface area contributed by atoms with Crippen LogP contribution in [-0.2, 0) is 20.5 Å². The van der Waals surface area contributed by atoms with Gasteiger partial charge in [0.2, 0.25) is 5.91 Å². The summed E-state index contributed by atoms with van der Waals surface area (Å²) in [4.78, 5) is 13.8. The lowest BCUT2D eigenvalue weighted by Crippen LogP contribution is -2.45. The van der Waals surface area contributed by atoms with Crippen LogP contribution < -0.4 is 5.46 Å². The molecule has 0 N–H and O–H groups in total. The van der Waals surface area contributed by atoms with Crippen LogP contribution in [0.5, 0.6) is 0 Å². The zero-order valence-electron chi connectivity index (χ0n) is 16.8. The number of rotatable bonds is 3.